The van der Waals surface area contributed by atoms with Crippen molar-refractivity contribution >= 4 is 45.6 Å². The number of hydrogen-bond donors (Lipinski definition) is 0. The lowest BCUT2D eigenvalue weighted by molar-refractivity contribution is 0.387. The van der Waals surface area contributed by atoms with Gasteiger partial charge in [-0.05, 0) is 31.8 Å². The van der Waals surface area contributed by atoms with Crippen molar-refractivity contribution < 1.29 is 9.13 Å². The van der Waals surface area contributed by atoms with E-state index in [2.05, 4.69) is 16.7 Å². The van der Waals surface area contributed by atoms with Crippen LogP contribution in [-0.2, 0) is 13.6 Å². The summed E-state index contributed by atoms with van der Waals surface area (Å²) in [6.07, 6.45) is 2.92. The zero-order valence-electron chi connectivity index (χ0n) is 19.6. The third-order valence-corrected chi connectivity index (χ3v) is 7.05. The van der Waals surface area contributed by atoms with Gasteiger partial charge in [-0.15, -0.1) is 11.3 Å². The van der Waals surface area contributed by atoms with Crippen LogP contribution in [0.4, 0.5) is 4.39 Å². The summed E-state index contributed by atoms with van der Waals surface area (Å²) in [5.41, 5.74) is 0.832. The minimum absolute atomic E-state index is 0.0138. The number of nitriles is 1. The first-order valence-electron chi connectivity index (χ1n) is 10.6. The Balaban J connectivity index is 2.09. The number of methoxy groups -OCH3 is 1. The van der Waals surface area contributed by atoms with Crippen LogP contribution >= 0.6 is 22.9 Å². The average Bonchev–Trinajstić information content (AvgIpc) is 3.42. The number of imidazole rings is 1. The van der Waals surface area contributed by atoms with Crippen LogP contribution in [0.5, 0.6) is 5.75 Å². The van der Waals surface area contributed by atoms with E-state index in [1.807, 2.05) is 6.07 Å². The molecule has 0 bridgehead atoms. The Morgan fingerprint density at radius 1 is 1.39 bits per heavy atom. The molecule has 4 rings (SSSR count). The van der Waals surface area contributed by atoms with Gasteiger partial charge >= 0.3 is 5.69 Å². The van der Waals surface area contributed by atoms with Gasteiger partial charge in [0.1, 0.15) is 4.70 Å². The molecule has 0 saturated carbocycles. The maximum absolute atomic E-state index is 14.1. The van der Waals surface area contributed by atoms with Gasteiger partial charge in [-0.3, -0.25) is 14.4 Å². The van der Waals surface area contributed by atoms with E-state index in [0.29, 0.717) is 27.3 Å². The lowest BCUT2D eigenvalue weighted by Gasteiger charge is -2.14. The molecule has 9 nitrogen and oxygen atoms in total. The zero-order chi connectivity index (χ0) is 26.1. The van der Waals surface area contributed by atoms with E-state index in [9.17, 15) is 19.2 Å². The molecule has 0 unspecified atom stereocenters. The molecule has 0 aliphatic heterocycles. The molecule has 3 aromatic heterocycles. The van der Waals surface area contributed by atoms with Gasteiger partial charge in [0.05, 0.1) is 59.8 Å². The Morgan fingerprint density at radius 2 is 2.14 bits per heavy atom. The number of aryl methyl sites for hydroxylation is 3. The summed E-state index contributed by atoms with van der Waals surface area (Å²) in [4.78, 5) is 36.1. The molecule has 0 aliphatic carbocycles. The first-order chi connectivity index (χ1) is 17.2. The second-order valence-electron chi connectivity index (χ2n) is 7.76. The standard InChI is InChI=1S/C24H20ClFN6O3S/c1-13-21(30(3)12-29-13)18(11-28-2)32-23(33)22-17(31(24(32)34)7-5-6-27)10-20(36-22)14-8-19(35-4)16(26)9-15(14)25/h8-12H,2,5,7H2,1,3-4H3/b18-11+. The summed E-state index contributed by atoms with van der Waals surface area (Å²) in [5.74, 6) is -0.640. The highest BCUT2D eigenvalue weighted by molar-refractivity contribution is 7.22. The molecule has 184 valence electrons. The van der Waals surface area contributed by atoms with Crippen LogP contribution in [0.25, 0.3) is 26.4 Å². The van der Waals surface area contributed by atoms with Crippen molar-refractivity contribution in [3.63, 3.8) is 0 Å². The zero-order valence-corrected chi connectivity index (χ0v) is 21.2. The number of ether oxygens (including phenoxy) is 1. The van der Waals surface area contributed by atoms with Crippen LogP contribution in [0.15, 0.2) is 45.3 Å². The second kappa shape index (κ2) is 9.93. The molecule has 4 aromatic rings. The molecule has 0 N–H and O–H groups in total. The molecule has 0 spiro atoms. The average molecular weight is 527 g/mol. The number of aliphatic imine (C=N–C) groups is 1. The second-order valence-corrected chi connectivity index (χ2v) is 9.22. The summed E-state index contributed by atoms with van der Waals surface area (Å²) in [5, 5.41) is 9.31. The van der Waals surface area contributed by atoms with Crippen LogP contribution in [0, 0.1) is 24.1 Å². The lowest BCUT2D eigenvalue weighted by atomic mass is 10.1. The number of halogens is 2. The minimum atomic E-state index is -0.648. The summed E-state index contributed by atoms with van der Waals surface area (Å²) in [6, 6.07) is 6.23. The summed E-state index contributed by atoms with van der Waals surface area (Å²) < 4.78 is 23.5. The molecule has 0 fully saturated rings. The number of rotatable bonds is 7. The molecule has 12 heteroatoms. The fourth-order valence-corrected chi connectivity index (χ4v) is 5.40. The number of aromatic nitrogens is 4. The first-order valence-corrected chi connectivity index (χ1v) is 11.8. The molecule has 0 amide bonds. The molecule has 36 heavy (non-hydrogen) atoms. The van der Waals surface area contributed by atoms with Gasteiger partial charge in [-0.1, -0.05) is 11.6 Å². The Kier molecular flexibility index (Phi) is 6.92. The predicted octanol–water partition coefficient (Wildman–Crippen LogP) is 4.20. The van der Waals surface area contributed by atoms with Crippen molar-refractivity contribution in [2.75, 3.05) is 7.11 Å². The van der Waals surface area contributed by atoms with E-state index in [-0.39, 0.29) is 34.1 Å². The lowest BCUT2D eigenvalue weighted by Crippen LogP contribution is -2.39. The SMILES string of the molecule is C=N/C=C(\c1c(C)ncn1C)n1c(=O)c2sc(-c3cc(OC)c(F)cc3Cl)cc2n(CCC#N)c1=O. The van der Waals surface area contributed by atoms with Crippen LogP contribution in [0.2, 0.25) is 5.02 Å². The van der Waals surface area contributed by atoms with Gasteiger partial charge in [-0.25, -0.2) is 18.7 Å². The quantitative estimate of drug-likeness (QED) is 0.335. The third-order valence-electron chi connectivity index (χ3n) is 5.59. The highest BCUT2D eigenvalue weighted by Gasteiger charge is 2.23. The van der Waals surface area contributed by atoms with Crippen LogP contribution in [0.1, 0.15) is 17.8 Å². The monoisotopic (exact) mass is 526 g/mol. The van der Waals surface area contributed by atoms with Crippen LogP contribution in [-0.4, -0.2) is 32.5 Å². The third kappa shape index (κ3) is 4.14. The van der Waals surface area contributed by atoms with Crippen molar-refractivity contribution in [3.05, 3.63) is 73.8 Å². The molecule has 0 saturated heterocycles. The fraction of sp³-hybridized carbons (Fsp3) is 0.208. The first kappa shape index (κ1) is 25.1. The van der Waals surface area contributed by atoms with Crippen LogP contribution in [0.3, 0.4) is 0 Å². The van der Waals surface area contributed by atoms with E-state index in [4.69, 9.17) is 16.3 Å². The van der Waals surface area contributed by atoms with Gasteiger partial charge in [-0.2, -0.15) is 5.26 Å². The number of thiophene rings is 1. The van der Waals surface area contributed by atoms with E-state index in [0.717, 1.165) is 22.0 Å². The predicted molar refractivity (Wildman–Crippen MR) is 138 cm³/mol. The molecule has 3 heterocycles. The smallest absolute Gasteiger partial charge is 0.336 e. The van der Waals surface area contributed by atoms with E-state index in [1.54, 1.807) is 30.9 Å². The largest absolute Gasteiger partial charge is 0.494 e. The summed E-state index contributed by atoms with van der Waals surface area (Å²) in [7, 11) is 3.07. The van der Waals surface area contributed by atoms with E-state index < -0.39 is 17.1 Å². The van der Waals surface area contributed by atoms with Gasteiger partial charge in [0, 0.05) is 24.0 Å². The Bertz CT molecular complexity index is 1690. The van der Waals surface area contributed by atoms with Crippen LogP contribution < -0.4 is 16.0 Å². The summed E-state index contributed by atoms with van der Waals surface area (Å²) in [6.45, 7) is 5.28. The van der Waals surface area contributed by atoms with Crippen molar-refractivity contribution in [2.24, 2.45) is 12.0 Å². The Morgan fingerprint density at radius 3 is 2.75 bits per heavy atom. The fourth-order valence-electron chi connectivity index (χ4n) is 3.97. The maximum atomic E-state index is 14.1. The molecule has 0 atom stereocenters. The topological polar surface area (TPSA) is 107 Å². The normalized spacial score (nSPS) is 11.6. The highest BCUT2D eigenvalue weighted by atomic mass is 35.5. The van der Waals surface area contributed by atoms with Gasteiger partial charge in [0.2, 0.25) is 0 Å². The molecule has 0 aliphatic rings. The molecule has 1 aromatic carbocycles. The number of hydrogen-bond acceptors (Lipinski definition) is 7. The minimum Gasteiger partial charge on any atom is -0.494 e. The molecular weight excluding hydrogens is 507 g/mol. The Labute approximate surface area is 213 Å². The van der Waals surface area contributed by atoms with Crippen molar-refractivity contribution in [2.45, 2.75) is 19.9 Å². The van der Waals surface area contributed by atoms with Crippen molar-refractivity contribution in [1.29, 1.82) is 5.26 Å². The molecular formula is C24H20ClFN6O3S. The van der Waals surface area contributed by atoms with Gasteiger partial charge < -0.3 is 9.30 Å². The van der Waals surface area contributed by atoms with Crippen molar-refractivity contribution in [3.8, 4) is 22.3 Å². The maximum Gasteiger partial charge on any atom is 0.336 e. The summed E-state index contributed by atoms with van der Waals surface area (Å²) >= 11 is 7.41. The molecule has 0 radical (unpaired) electrons. The highest BCUT2D eigenvalue weighted by Crippen LogP contribution is 2.39. The number of nitrogens with zero attached hydrogens (tertiary/aromatic N) is 6. The number of benzene rings is 1. The van der Waals surface area contributed by atoms with Crippen molar-refractivity contribution in [1.82, 2.24) is 18.7 Å². The Hall–Kier alpha value is -4.01. The van der Waals surface area contributed by atoms with E-state index in [1.165, 1.54) is 23.9 Å². The van der Waals surface area contributed by atoms with E-state index >= 15 is 0 Å². The van der Waals surface area contributed by atoms with Gasteiger partial charge in [0.25, 0.3) is 5.56 Å². The van der Waals surface area contributed by atoms with Gasteiger partial charge in [0.15, 0.2) is 11.6 Å². The number of fused-ring (bicyclic) bond motifs is 1.